The topological polar surface area (TPSA) is 82.4 Å². The van der Waals surface area contributed by atoms with Crippen LogP contribution in [0.2, 0.25) is 0 Å². The minimum atomic E-state index is -3.51. The molecule has 0 aromatic rings. The zero-order chi connectivity index (χ0) is 11.3. The van der Waals surface area contributed by atoms with E-state index in [1.807, 2.05) is 6.07 Å². The third kappa shape index (κ3) is 3.14. The highest BCUT2D eigenvalue weighted by molar-refractivity contribution is 7.87. The lowest BCUT2D eigenvalue weighted by Gasteiger charge is -2.19. The summed E-state index contributed by atoms with van der Waals surface area (Å²) in [5.74, 6) is 0. The van der Waals surface area contributed by atoms with Gasteiger partial charge in [0, 0.05) is 20.2 Å². The number of nitrogens with zero attached hydrogens (tertiary/aromatic N) is 2. The first-order valence-corrected chi connectivity index (χ1v) is 6.21. The van der Waals surface area contributed by atoms with Crippen molar-refractivity contribution in [1.82, 2.24) is 9.03 Å². The molecule has 1 aliphatic rings. The smallest absolute Gasteiger partial charge is 0.280 e. The third-order valence-corrected chi connectivity index (χ3v) is 3.88. The van der Waals surface area contributed by atoms with E-state index in [1.165, 1.54) is 11.4 Å². The molecule has 1 saturated heterocycles. The molecule has 1 N–H and O–H groups in total. The number of ether oxygens (including phenoxy) is 1. The van der Waals surface area contributed by atoms with Gasteiger partial charge in [-0.1, -0.05) is 0 Å². The minimum absolute atomic E-state index is 0.230. The maximum Gasteiger partial charge on any atom is 0.280 e. The highest BCUT2D eigenvalue weighted by Gasteiger charge is 2.33. The second-order valence-electron chi connectivity index (χ2n) is 3.29. The van der Waals surface area contributed by atoms with Crippen molar-refractivity contribution >= 4 is 10.2 Å². The molecule has 7 heteroatoms. The molecule has 1 heterocycles. The zero-order valence-corrected chi connectivity index (χ0v) is 9.46. The molecule has 0 saturated carbocycles. The van der Waals surface area contributed by atoms with Crippen LogP contribution in [-0.4, -0.2) is 45.6 Å². The van der Waals surface area contributed by atoms with Crippen LogP contribution in [0.15, 0.2) is 0 Å². The predicted octanol–water partition coefficient (Wildman–Crippen LogP) is -0.545. The Labute approximate surface area is 90.0 Å². The van der Waals surface area contributed by atoms with E-state index in [4.69, 9.17) is 10.00 Å². The first-order chi connectivity index (χ1) is 7.11. The average Bonchev–Trinajstić information content (AvgIpc) is 2.66. The summed E-state index contributed by atoms with van der Waals surface area (Å²) in [4.78, 5) is 0. The number of rotatable bonds is 5. The van der Waals surface area contributed by atoms with Gasteiger partial charge in [0.15, 0.2) is 0 Å². The molecule has 1 fully saturated rings. The molecule has 0 spiro atoms. The summed E-state index contributed by atoms with van der Waals surface area (Å²) in [6.07, 6.45) is 1.35. The summed E-state index contributed by atoms with van der Waals surface area (Å²) in [5.41, 5.74) is 0. The van der Waals surface area contributed by atoms with E-state index in [2.05, 4.69) is 4.72 Å². The normalized spacial score (nSPS) is 22.8. The second-order valence-corrected chi connectivity index (χ2v) is 5.00. The van der Waals surface area contributed by atoms with E-state index in [0.717, 1.165) is 6.42 Å². The van der Waals surface area contributed by atoms with Gasteiger partial charge >= 0.3 is 0 Å². The largest absolute Gasteiger partial charge is 0.383 e. The fourth-order valence-corrected chi connectivity index (χ4v) is 2.88. The lowest BCUT2D eigenvalue weighted by Crippen LogP contribution is -2.43. The van der Waals surface area contributed by atoms with Crippen LogP contribution in [0.25, 0.3) is 0 Å². The van der Waals surface area contributed by atoms with Gasteiger partial charge in [-0.25, -0.2) is 0 Å². The molecule has 86 valence electrons. The molecule has 6 nitrogen and oxygen atoms in total. The van der Waals surface area contributed by atoms with Gasteiger partial charge in [0.2, 0.25) is 0 Å². The van der Waals surface area contributed by atoms with Crippen LogP contribution in [-0.2, 0) is 14.9 Å². The van der Waals surface area contributed by atoms with Crippen molar-refractivity contribution in [1.29, 1.82) is 5.26 Å². The van der Waals surface area contributed by atoms with Crippen molar-refractivity contribution in [2.24, 2.45) is 0 Å². The standard InChI is InChI=1S/C8H15N3O3S/c1-14-6-4-10-15(12,13)11-5-2-3-8(11)7-9/h8,10H,2-6H2,1H3. The fourth-order valence-electron chi connectivity index (χ4n) is 1.51. The molecular weight excluding hydrogens is 218 g/mol. The molecule has 0 amide bonds. The Morgan fingerprint density at radius 1 is 1.67 bits per heavy atom. The Bertz CT molecular complexity index is 336. The summed E-state index contributed by atoms with van der Waals surface area (Å²) >= 11 is 0. The van der Waals surface area contributed by atoms with Gasteiger partial charge in [0.1, 0.15) is 6.04 Å². The Balaban J connectivity index is 2.57. The summed E-state index contributed by atoms with van der Waals surface area (Å²) < 4.78 is 31.7. The van der Waals surface area contributed by atoms with Gasteiger partial charge in [-0.3, -0.25) is 0 Å². The zero-order valence-electron chi connectivity index (χ0n) is 8.64. The molecule has 0 aliphatic carbocycles. The molecule has 0 aromatic heterocycles. The van der Waals surface area contributed by atoms with E-state index in [1.54, 1.807) is 0 Å². The van der Waals surface area contributed by atoms with Gasteiger partial charge < -0.3 is 4.74 Å². The van der Waals surface area contributed by atoms with E-state index < -0.39 is 16.3 Å². The molecule has 1 rings (SSSR count). The van der Waals surface area contributed by atoms with Crippen molar-refractivity contribution in [3.05, 3.63) is 0 Å². The number of nitrogens with one attached hydrogen (secondary N) is 1. The summed E-state index contributed by atoms with van der Waals surface area (Å²) in [6, 6.07) is 1.46. The van der Waals surface area contributed by atoms with Crippen molar-refractivity contribution in [2.75, 3.05) is 26.8 Å². The molecule has 15 heavy (non-hydrogen) atoms. The van der Waals surface area contributed by atoms with Crippen molar-refractivity contribution in [2.45, 2.75) is 18.9 Å². The first-order valence-electron chi connectivity index (χ1n) is 4.77. The molecular formula is C8H15N3O3S. The van der Waals surface area contributed by atoms with Crippen LogP contribution in [0.4, 0.5) is 0 Å². The number of nitriles is 1. The molecule has 1 aliphatic heterocycles. The SMILES string of the molecule is COCCNS(=O)(=O)N1CCCC1C#N. The molecule has 1 atom stereocenters. The van der Waals surface area contributed by atoms with Crippen molar-refractivity contribution < 1.29 is 13.2 Å². The lowest BCUT2D eigenvalue weighted by molar-refractivity contribution is 0.203. The Kier molecular flexibility index (Phi) is 4.47. The van der Waals surface area contributed by atoms with E-state index in [9.17, 15) is 8.42 Å². The third-order valence-electron chi connectivity index (χ3n) is 2.25. The number of hydrogen-bond donors (Lipinski definition) is 1. The Hall–Kier alpha value is -0.680. The summed E-state index contributed by atoms with van der Waals surface area (Å²) in [5, 5.41) is 8.76. The quantitative estimate of drug-likeness (QED) is 0.646. The maximum atomic E-state index is 11.7. The molecule has 0 bridgehead atoms. The van der Waals surface area contributed by atoms with Gasteiger partial charge in [-0.2, -0.15) is 22.7 Å². The average molecular weight is 233 g/mol. The molecule has 0 aromatic carbocycles. The van der Waals surface area contributed by atoms with E-state index >= 15 is 0 Å². The fraction of sp³-hybridized carbons (Fsp3) is 0.875. The van der Waals surface area contributed by atoms with Gasteiger partial charge in [0.25, 0.3) is 10.2 Å². The first kappa shape index (κ1) is 12.4. The van der Waals surface area contributed by atoms with Gasteiger partial charge in [-0.05, 0) is 12.8 Å². The minimum Gasteiger partial charge on any atom is -0.383 e. The van der Waals surface area contributed by atoms with Crippen LogP contribution >= 0.6 is 0 Å². The summed E-state index contributed by atoms with van der Waals surface area (Å²) in [6.45, 7) is 0.971. The predicted molar refractivity (Wildman–Crippen MR) is 54.1 cm³/mol. The van der Waals surface area contributed by atoms with Crippen LogP contribution in [0.5, 0.6) is 0 Å². The van der Waals surface area contributed by atoms with Crippen LogP contribution in [0, 0.1) is 11.3 Å². The Morgan fingerprint density at radius 3 is 3.00 bits per heavy atom. The Morgan fingerprint density at radius 2 is 2.40 bits per heavy atom. The molecule has 1 unspecified atom stereocenters. The van der Waals surface area contributed by atoms with Gasteiger partial charge in [-0.15, -0.1) is 0 Å². The number of hydrogen-bond acceptors (Lipinski definition) is 4. The van der Waals surface area contributed by atoms with Crippen LogP contribution < -0.4 is 4.72 Å². The molecule has 0 radical (unpaired) electrons. The second kappa shape index (κ2) is 5.42. The van der Waals surface area contributed by atoms with Crippen molar-refractivity contribution in [3.63, 3.8) is 0 Å². The highest BCUT2D eigenvalue weighted by Crippen LogP contribution is 2.18. The summed E-state index contributed by atoms with van der Waals surface area (Å²) in [7, 11) is -2.01. The van der Waals surface area contributed by atoms with Crippen molar-refractivity contribution in [3.8, 4) is 6.07 Å². The number of methoxy groups -OCH3 is 1. The highest BCUT2D eigenvalue weighted by atomic mass is 32.2. The maximum absolute atomic E-state index is 11.7. The lowest BCUT2D eigenvalue weighted by atomic mass is 10.2. The van der Waals surface area contributed by atoms with E-state index in [0.29, 0.717) is 19.6 Å². The van der Waals surface area contributed by atoms with Crippen LogP contribution in [0.3, 0.4) is 0 Å². The van der Waals surface area contributed by atoms with E-state index in [-0.39, 0.29) is 6.54 Å². The van der Waals surface area contributed by atoms with Gasteiger partial charge in [0.05, 0.1) is 12.7 Å². The van der Waals surface area contributed by atoms with Crippen LogP contribution in [0.1, 0.15) is 12.8 Å². The monoisotopic (exact) mass is 233 g/mol.